The second-order valence-electron chi connectivity index (χ2n) is 5.79. The van der Waals surface area contributed by atoms with Crippen molar-refractivity contribution in [3.63, 3.8) is 0 Å². The van der Waals surface area contributed by atoms with Gasteiger partial charge < -0.3 is 9.84 Å². The van der Waals surface area contributed by atoms with Gasteiger partial charge in [-0.15, -0.1) is 0 Å². The number of nitrogens with zero attached hydrogens (tertiary/aromatic N) is 1. The second-order valence-corrected chi connectivity index (χ2v) is 5.79. The highest BCUT2D eigenvalue weighted by Crippen LogP contribution is 2.36. The minimum Gasteiger partial charge on any atom is -0.445 e. The monoisotopic (exact) mass is 311 g/mol. The molecule has 1 fully saturated rings. The first-order valence-corrected chi connectivity index (χ1v) is 7.94. The Kier molecular flexibility index (Phi) is 4.93. The van der Waals surface area contributed by atoms with E-state index in [2.05, 4.69) is 0 Å². The summed E-state index contributed by atoms with van der Waals surface area (Å²) in [4.78, 5) is 14.3. The van der Waals surface area contributed by atoms with Crippen molar-refractivity contribution in [3.05, 3.63) is 71.8 Å². The van der Waals surface area contributed by atoms with E-state index >= 15 is 0 Å². The normalized spacial score (nSPS) is 20.5. The van der Waals surface area contributed by atoms with Crippen LogP contribution >= 0.6 is 0 Å². The molecule has 0 radical (unpaired) electrons. The summed E-state index contributed by atoms with van der Waals surface area (Å²) in [6, 6.07) is 19.3. The van der Waals surface area contributed by atoms with E-state index < -0.39 is 0 Å². The number of ether oxygens (including phenoxy) is 1. The van der Waals surface area contributed by atoms with E-state index in [-0.39, 0.29) is 31.4 Å². The molecule has 2 atom stereocenters. The minimum absolute atomic E-state index is 0.0309. The molecule has 2 aromatic rings. The van der Waals surface area contributed by atoms with E-state index in [9.17, 15) is 9.90 Å². The molecule has 0 unspecified atom stereocenters. The van der Waals surface area contributed by atoms with Crippen LogP contribution in [0.5, 0.6) is 0 Å². The maximum absolute atomic E-state index is 12.6. The van der Waals surface area contributed by atoms with Crippen LogP contribution < -0.4 is 0 Å². The molecule has 1 saturated heterocycles. The standard InChI is InChI=1S/C19H21NO3/c21-13-17-11-12-18(16-9-5-2-6-10-16)20(17)19(22)23-14-15-7-3-1-4-8-15/h1-10,17-18,21H,11-14H2/t17-,18+/m0/s1. The first-order chi connectivity index (χ1) is 11.3. The number of hydrogen-bond acceptors (Lipinski definition) is 3. The van der Waals surface area contributed by atoms with Gasteiger partial charge in [-0.25, -0.2) is 4.79 Å². The van der Waals surface area contributed by atoms with E-state index in [1.807, 2.05) is 60.7 Å². The lowest BCUT2D eigenvalue weighted by molar-refractivity contribution is 0.0648. The molecule has 0 saturated carbocycles. The number of hydrogen-bond donors (Lipinski definition) is 1. The zero-order valence-corrected chi connectivity index (χ0v) is 13.0. The molecule has 1 aliphatic rings. The molecule has 23 heavy (non-hydrogen) atoms. The van der Waals surface area contributed by atoms with Gasteiger partial charge in [0.05, 0.1) is 18.7 Å². The van der Waals surface area contributed by atoms with Crippen LogP contribution in [0.4, 0.5) is 4.79 Å². The molecule has 3 rings (SSSR count). The fourth-order valence-corrected chi connectivity index (χ4v) is 3.13. The molecule has 1 amide bonds. The van der Waals surface area contributed by atoms with Crippen LogP contribution in [0.25, 0.3) is 0 Å². The molecule has 1 N–H and O–H groups in total. The van der Waals surface area contributed by atoms with E-state index in [0.717, 1.165) is 24.0 Å². The summed E-state index contributed by atoms with van der Waals surface area (Å²) in [6.07, 6.45) is 1.27. The largest absolute Gasteiger partial charge is 0.445 e. The fraction of sp³-hybridized carbons (Fsp3) is 0.316. The van der Waals surface area contributed by atoms with Gasteiger partial charge in [-0.3, -0.25) is 4.90 Å². The molecular weight excluding hydrogens is 290 g/mol. The molecule has 2 aromatic carbocycles. The highest BCUT2D eigenvalue weighted by atomic mass is 16.6. The van der Waals surface area contributed by atoms with Crippen molar-refractivity contribution >= 4 is 6.09 Å². The van der Waals surface area contributed by atoms with Gasteiger partial charge in [-0.1, -0.05) is 60.7 Å². The molecule has 4 heteroatoms. The van der Waals surface area contributed by atoms with Crippen LogP contribution in [0.3, 0.4) is 0 Å². The van der Waals surface area contributed by atoms with Crippen molar-refractivity contribution in [1.82, 2.24) is 4.90 Å². The molecule has 120 valence electrons. The Morgan fingerprint density at radius 3 is 2.35 bits per heavy atom. The average Bonchev–Trinajstić information content (AvgIpc) is 3.05. The molecule has 0 aliphatic carbocycles. The Bertz CT molecular complexity index is 630. The third kappa shape index (κ3) is 3.54. The first-order valence-electron chi connectivity index (χ1n) is 7.94. The summed E-state index contributed by atoms with van der Waals surface area (Å²) < 4.78 is 5.47. The highest BCUT2D eigenvalue weighted by Gasteiger charge is 2.38. The molecule has 0 bridgehead atoms. The van der Waals surface area contributed by atoms with Crippen LogP contribution in [-0.2, 0) is 11.3 Å². The smallest absolute Gasteiger partial charge is 0.410 e. The number of aliphatic hydroxyl groups excluding tert-OH is 1. The Hall–Kier alpha value is -2.33. The second kappa shape index (κ2) is 7.29. The van der Waals surface area contributed by atoms with E-state index in [4.69, 9.17) is 4.74 Å². The molecule has 0 aromatic heterocycles. The predicted molar refractivity (Wildman–Crippen MR) is 87.8 cm³/mol. The number of benzene rings is 2. The van der Waals surface area contributed by atoms with E-state index in [0.29, 0.717) is 0 Å². The molecule has 0 spiro atoms. The Balaban J connectivity index is 1.72. The van der Waals surface area contributed by atoms with Gasteiger partial charge in [0.1, 0.15) is 6.61 Å². The molecular formula is C19H21NO3. The van der Waals surface area contributed by atoms with Crippen molar-refractivity contribution in [1.29, 1.82) is 0 Å². The van der Waals surface area contributed by atoms with Gasteiger partial charge in [-0.2, -0.15) is 0 Å². The van der Waals surface area contributed by atoms with Gasteiger partial charge >= 0.3 is 6.09 Å². The summed E-state index contributed by atoms with van der Waals surface area (Å²) >= 11 is 0. The van der Waals surface area contributed by atoms with Gasteiger partial charge in [0.2, 0.25) is 0 Å². The number of aliphatic hydroxyl groups is 1. The number of likely N-dealkylation sites (tertiary alicyclic amines) is 1. The van der Waals surface area contributed by atoms with Crippen molar-refractivity contribution in [2.45, 2.75) is 31.5 Å². The SMILES string of the molecule is O=C(OCc1ccccc1)N1[C@H](CO)CC[C@@H]1c1ccccc1. The lowest BCUT2D eigenvalue weighted by atomic mass is 10.1. The minimum atomic E-state index is -0.362. The summed E-state index contributed by atoms with van der Waals surface area (Å²) in [5.74, 6) is 0. The molecule has 4 nitrogen and oxygen atoms in total. The third-order valence-electron chi connectivity index (χ3n) is 4.31. The highest BCUT2D eigenvalue weighted by molar-refractivity contribution is 5.69. The van der Waals surface area contributed by atoms with E-state index in [1.54, 1.807) is 4.90 Å². The van der Waals surface area contributed by atoms with Crippen molar-refractivity contribution < 1.29 is 14.6 Å². The Labute approximate surface area is 136 Å². The van der Waals surface area contributed by atoms with Gasteiger partial charge in [0.15, 0.2) is 0 Å². The van der Waals surface area contributed by atoms with Crippen LogP contribution in [0.15, 0.2) is 60.7 Å². The lowest BCUT2D eigenvalue weighted by Crippen LogP contribution is -2.39. The zero-order chi connectivity index (χ0) is 16.1. The van der Waals surface area contributed by atoms with Crippen molar-refractivity contribution in [3.8, 4) is 0 Å². The zero-order valence-electron chi connectivity index (χ0n) is 13.0. The number of carbonyl (C=O) groups is 1. The van der Waals surface area contributed by atoms with Crippen LogP contribution in [0.1, 0.15) is 30.0 Å². The van der Waals surface area contributed by atoms with Crippen molar-refractivity contribution in [2.75, 3.05) is 6.61 Å². The summed E-state index contributed by atoms with van der Waals surface area (Å²) in [7, 11) is 0. The first kappa shape index (κ1) is 15.6. The maximum Gasteiger partial charge on any atom is 0.410 e. The van der Waals surface area contributed by atoms with Crippen molar-refractivity contribution in [2.24, 2.45) is 0 Å². The fourth-order valence-electron chi connectivity index (χ4n) is 3.13. The predicted octanol–water partition coefficient (Wildman–Crippen LogP) is 3.52. The summed E-state index contributed by atoms with van der Waals surface area (Å²) in [5, 5.41) is 9.59. The summed E-state index contributed by atoms with van der Waals surface area (Å²) in [5.41, 5.74) is 2.04. The van der Waals surface area contributed by atoms with Gasteiger partial charge in [-0.05, 0) is 24.0 Å². The lowest BCUT2D eigenvalue weighted by Gasteiger charge is -2.29. The molecule has 1 heterocycles. The van der Waals surface area contributed by atoms with Gasteiger partial charge in [0, 0.05) is 0 Å². The molecule has 1 aliphatic heterocycles. The van der Waals surface area contributed by atoms with E-state index in [1.165, 1.54) is 0 Å². The number of amides is 1. The average molecular weight is 311 g/mol. The van der Waals surface area contributed by atoms with Crippen LogP contribution in [-0.4, -0.2) is 28.7 Å². The Morgan fingerprint density at radius 2 is 1.70 bits per heavy atom. The Morgan fingerprint density at radius 1 is 1.04 bits per heavy atom. The number of rotatable bonds is 4. The van der Waals surface area contributed by atoms with Crippen LogP contribution in [0.2, 0.25) is 0 Å². The maximum atomic E-state index is 12.6. The van der Waals surface area contributed by atoms with Crippen LogP contribution in [0, 0.1) is 0 Å². The summed E-state index contributed by atoms with van der Waals surface area (Å²) in [6.45, 7) is 0.208. The third-order valence-corrected chi connectivity index (χ3v) is 4.31. The van der Waals surface area contributed by atoms with Gasteiger partial charge in [0.25, 0.3) is 0 Å². The quantitative estimate of drug-likeness (QED) is 0.940. The topological polar surface area (TPSA) is 49.8 Å². The number of carbonyl (C=O) groups excluding carboxylic acids is 1.